The number of hydrogen-bond acceptors (Lipinski definition) is 3. The molecule has 0 atom stereocenters. The van der Waals surface area contributed by atoms with Crippen molar-refractivity contribution >= 4 is 0 Å². The molecule has 54 heavy (non-hydrogen) atoms. The van der Waals surface area contributed by atoms with Crippen LogP contribution in [0.15, 0.2) is 212 Å². The maximum atomic E-state index is 5.32. The van der Waals surface area contributed by atoms with Crippen molar-refractivity contribution in [2.75, 3.05) is 0 Å². The molecule has 9 aromatic rings. The zero-order valence-corrected chi connectivity index (χ0v) is 29.5. The van der Waals surface area contributed by atoms with Crippen LogP contribution in [0.5, 0.6) is 0 Å². The first-order valence-corrected chi connectivity index (χ1v) is 18.2. The second-order valence-electron chi connectivity index (χ2n) is 13.2. The van der Waals surface area contributed by atoms with Crippen molar-refractivity contribution in [3.63, 3.8) is 0 Å². The summed E-state index contributed by atoms with van der Waals surface area (Å²) in [5, 5.41) is 0. The summed E-state index contributed by atoms with van der Waals surface area (Å²) in [5.74, 6) is 1.84. The van der Waals surface area contributed by atoms with Crippen molar-refractivity contribution in [1.29, 1.82) is 0 Å². The molecule has 254 valence electrons. The molecule has 8 aromatic carbocycles. The fourth-order valence-electron chi connectivity index (χ4n) is 7.04. The van der Waals surface area contributed by atoms with Gasteiger partial charge in [0.25, 0.3) is 0 Å². The fraction of sp³-hybridized carbons (Fsp3) is 0. The van der Waals surface area contributed by atoms with Crippen molar-refractivity contribution in [3.05, 3.63) is 212 Å². The van der Waals surface area contributed by atoms with E-state index in [0.717, 1.165) is 72.3 Å². The first-order valence-electron chi connectivity index (χ1n) is 18.2. The molecule has 0 aliphatic carbocycles. The highest BCUT2D eigenvalue weighted by Gasteiger charge is 2.19. The Morgan fingerprint density at radius 1 is 0.185 bits per heavy atom. The second-order valence-corrected chi connectivity index (χ2v) is 13.2. The van der Waals surface area contributed by atoms with E-state index in [4.69, 9.17) is 15.0 Å². The van der Waals surface area contributed by atoms with Gasteiger partial charge in [-0.2, -0.15) is 0 Å². The van der Waals surface area contributed by atoms with Crippen LogP contribution in [0.2, 0.25) is 0 Å². The van der Waals surface area contributed by atoms with Crippen LogP contribution in [0.1, 0.15) is 0 Å². The number of rotatable bonds is 8. The molecule has 0 unspecified atom stereocenters. The average Bonchev–Trinajstić information content (AvgIpc) is 3.27. The van der Waals surface area contributed by atoms with Crippen LogP contribution >= 0.6 is 0 Å². The molecule has 0 aliphatic heterocycles. The largest absolute Gasteiger partial charge is 0.208 e. The third kappa shape index (κ3) is 6.74. The Morgan fingerprint density at radius 2 is 0.519 bits per heavy atom. The third-order valence-corrected chi connectivity index (χ3v) is 9.76. The van der Waals surface area contributed by atoms with Crippen LogP contribution in [0.4, 0.5) is 0 Å². The van der Waals surface area contributed by atoms with Crippen LogP contribution in [-0.2, 0) is 0 Å². The lowest BCUT2D eigenvalue weighted by Crippen LogP contribution is -2.02. The summed E-state index contributed by atoms with van der Waals surface area (Å²) in [5.41, 5.74) is 14.0. The van der Waals surface area contributed by atoms with Crippen LogP contribution in [0.3, 0.4) is 0 Å². The summed E-state index contributed by atoms with van der Waals surface area (Å²) < 4.78 is 0. The molecular weight excluding hydrogens is 655 g/mol. The maximum absolute atomic E-state index is 5.32. The van der Waals surface area contributed by atoms with Crippen molar-refractivity contribution in [3.8, 4) is 89.8 Å². The molecule has 9 rings (SSSR count). The number of benzene rings is 8. The van der Waals surface area contributed by atoms with Gasteiger partial charge < -0.3 is 0 Å². The third-order valence-electron chi connectivity index (χ3n) is 9.76. The molecule has 3 nitrogen and oxygen atoms in total. The molecule has 0 radical (unpaired) electrons. The summed E-state index contributed by atoms with van der Waals surface area (Å²) in [6.07, 6.45) is 0. The molecule has 0 spiro atoms. The van der Waals surface area contributed by atoms with E-state index in [2.05, 4.69) is 194 Å². The van der Waals surface area contributed by atoms with Crippen LogP contribution < -0.4 is 0 Å². The Hall–Kier alpha value is -7.23. The second kappa shape index (κ2) is 14.8. The Morgan fingerprint density at radius 3 is 1.04 bits per heavy atom. The monoisotopic (exact) mass is 689 g/mol. The van der Waals surface area contributed by atoms with E-state index in [1.54, 1.807) is 0 Å². The van der Waals surface area contributed by atoms with Gasteiger partial charge in [0.2, 0.25) is 0 Å². The minimum absolute atomic E-state index is 0.612. The molecule has 3 heteroatoms. The molecule has 0 N–H and O–H groups in total. The highest BCUT2D eigenvalue weighted by Crippen LogP contribution is 2.38. The quantitative estimate of drug-likeness (QED) is 0.159. The van der Waals surface area contributed by atoms with E-state index in [9.17, 15) is 0 Å². The zero-order valence-electron chi connectivity index (χ0n) is 29.5. The van der Waals surface area contributed by atoms with Gasteiger partial charge >= 0.3 is 0 Å². The van der Waals surface area contributed by atoms with E-state index in [-0.39, 0.29) is 0 Å². The average molecular weight is 690 g/mol. The van der Waals surface area contributed by atoms with Crippen molar-refractivity contribution < 1.29 is 0 Å². The van der Waals surface area contributed by atoms with Gasteiger partial charge in [0.1, 0.15) is 0 Å². The van der Waals surface area contributed by atoms with Crippen LogP contribution in [0, 0.1) is 0 Å². The Balaban J connectivity index is 1.28. The summed E-state index contributed by atoms with van der Waals surface area (Å²) in [7, 11) is 0. The Kier molecular flexibility index (Phi) is 8.94. The van der Waals surface area contributed by atoms with Gasteiger partial charge in [-0.3, -0.25) is 0 Å². The van der Waals surface area contributed by atoms with Gasteiger partial charge in [-0.25, -0.2) is 15.0 Å². The van der Waals surface area contributed by atoms with E-state index in [1.807, 2.05) is 18.2 Å². The van der Waals surface area contributed by atoms with Gasteiger partial charge in [-0.15, -0.1) is 0 Å². The lowest BCUT2D eigenvalue weighted by Gasteiger charge is -2.16. The van der Waals surface area contributed by atoms with Gasteiger partial charge in [0.05, 0.1) is 0 Å². The summed E-state index contributed by atoms with van der Waals surface area (Å²) >= 11 is 0. The summed E-state index contributed by atoms with van der Waals surface area (Å²) in [4.78, 5) is 15.8. The zero-order chi connectivity index (χ0) is 36.1. The molecule has 0 saturated carbocycles. The molecule has 0 bridgehead atoms. The van der Waals surface area contributed by atoms with E-state index in [0.29, 0.717) is 17.5 Å². The summed E-state index contributed by atoms with van der Waals surface area (Å²) in [6, 6.07) is 74.0. The molecule has 0 saturated heterocycles. The molecule has 1 aromatic heterocycles. The van der Waals surface area contributed by atoms with E-state index < -0.39 is 0 Å². The minimum atomic E-state index is 0.612. The molecule has 0 amide bonds. The maximum Gasteiger partial charge on any atom is 0.164 e. The fourth-order valence-corrected chi connectivity index (χ4v) is 7.04. The van der Waals surface area contributed by atoms with E-state index >= 15 is 0 Å². The van der Waals surface area contributed by atoms with Gasteiger partial charge in [-0.05, 0) is 73.8 Å². The first-order chi connectivity index (χ1) is 26.8. The SMILES string of the molecule is c1ccc(-c2cccc(-c3nc(-c4ccc(-c5ccccc5)c(-c5ccccc5)c4)nc(-c4cc(-c5ccccc5)ccc4-c4ccccc4)n3)c2)cc1. The number of aromatic nitrogens is 3. The standard InChI is InChI=1S/C51H35N3/c1-6-17-36(18-7-1)41-27-16-28-43(33-41)49-52-50(44-30-32-45(38-21-10-3-11-22-38)47(35-44)40-25-14-5-15-26-40)54-51(53-49)48-34-42(37-19-8-2-9-20-37)29-31-46(48)39-23-12-4-13-24-39/h1-35H. The summed E-state index contributed by atoms with van der Waals surface area (Å²) in [6.45, 7) is 0. The molecule has 0 fully saturated rings. The Labute approximate surface area is 316 Å². The number of hydrogen-bond donors (Lipinski definition) is 0. The lowest BCUT2D eigenvalue weighted by molar-refractivity contribution is 1.07. The van der Waals surface area contributed by atoms with Gasteiger partial charge in [0, 0.05) is 16.7 Å². The molecule has 0 aliphatic rings. The lowest BCUT2D eigenvalue weighted by atomic mass is 9.92. The van der Waals surface area contributed by atoms with Crippen LogP contribution in [0.25, 0.3) is 89.8 Å². The smallest absolute Gasteiger partial charge is 0.164 e. The normalized spacial score (nSPS) is 11.0. The van der Waals surface area contributed by atoms with Crippen LogP contribution in [-0.4, -0.2) is 15.0 Å². The Bertz CT molecular complexity index is 2680. The van der Waals surface area contributed by atoms with Crippen molar-refractivity contribution in [2.45, 2.75) is 0 Å². The highest BCUT2D eigenvalue weighted by molar-refractivity contribution is 5.88. The molecule has 1 heterocycles. The topological polar surface area (TPSA) is 38.7 Å². The molecular formula is C51H35N3. The van der Waals surface area contributed by atoms with Crippen molar-refractivity contribution in [2.24, 2.45) is 0 Å². The first kappa shape index (κ1) is 32.7. The highest BCUT2D eigenvalue weighted by atomic mass is 15.0. The van der Waals surface area contributed by atoms with Crippen molar-refractivity contribution in [1.82, 2.24) is 15.0 Å². The predicted molar refractivity (Wildman–Crippen MR) is 223 cm³/mol. The predicted octanol–water partition coefficient (Wildman–Crippen LogP) is 13.2. The van der Waals surface area contributed by atoms with Gasteiger partial charge in [-0.1, -0.05) is 194 Å². The number of nitrogens with zero attached hydrogens (tertiary/aromatic N) is 3. The van der Waals surface area contributed by atoms with E-state index in [1.165, 1.54) is 0 Å². The minimum Gasteiger partial charge on any atom is -0.208 e. The van der Waals surface area contributed by atoms with Gasteiger partial charge in [0.15, 0.2) is 17.5 Å².